The third-order valence-corrected chi connectivity index (χ3v) is 3.48. The fourth-order valence-electron chi connectivity index (χ4n) is 1.83. The van der Waals surface area contributed by atoms with Crippen LogP contribution in [0, 0.1) is 0 Å². The van der Waals surface area contributed by atoms with Crippen LogP contribution in [0.2, 0.25) is 5.15 Å². The molecule has 0 aliphatic heterocycles. The second-order valence-electron chi connectivity index (χ2n) is 4.97. The highest BCUT2D eigenvalue weighted by Gasteiger charge is 2.15. The molecular weight excluding hydrogens is 290 g/mol. The number of rotatable bonds is 4. The molecule has 0 bridgehead atoms. The maximum Gasteiger partial charge on any atom is 0.338 e. The van der Waals surface area contributed by atoms with E-state index in [-0.39, 0.29) is 12.0 Å². The maximum atomic E-state index is 11.8. The Hall–Kier alpha value is -1.88. The van der Waals surface area contributed by atoms with Gasteiger partial charge in [-0.05, 0) is 39.0 Å². The number of fused-ring (bicyclic) bond motifs is 1. The van der Waals surface area contributed by atoms with E-state index in [0.717, 1.165) is 0 Å². The van der Waals surface area contributed by atoms with E-state index in [2.05, 4.69) is 9.97 Å². The summed E-state index contributed by atoms with van der Waals surface area (Å²) in [6.45, 7) is 6.19. The summed E-state index contributed by atoms with van der Waals surface area (Å²) < 4.78 is 4.99. The van der Waals surface area contributed by atoms with E-state index >= 15 is 0 Å². The van der Waals surface area contributed by atoms with Crippen LogP contribution in [0.4, 0.5) is 5.82 Å². The molecule has 0 amide bonds. The fraction of sp³-hybridized carbons (Fsp3) is 0.400. The summed E-state index contributed by atoms with van der Waals surface area (Å²) in [6, 6.07) is 5.30. The number of nitrogens with zero attached hydrogens (tertiary/aromatic N) is 3. The molecule has 0 spiro atoms. The van der Waals surface area contributed by atoms with E-state index in [1.54, 1.807) is 25.1 Å². The molecule has 0 aliphatic carbocycles. The van der Waals surface area contributed by atoms with Gasteiger partial charge in [-0.2, -0.15) is 0 Å². The predicted octanol–water partition coefficient (Wildman–Crippen LogP) is 3.30. The van der Waals surface area contributed by atoms with Crippen molar-refractivity contribution in [3.8, 4) is 0 Å². The molecule has 1 aromatic carbocycles. The van der Waals surface area contributed by atoms with E-state index in [9.17, 15) is 4.79 Å². The molecule has 21 heavy (non-hydrogen) atoms. The van der Waals surface area contributed by atoms with Crippen molar-refractivity contribution in [2.24, 2.45) is 0 Å². The Morgan fingerprint density at radius 3 is 2.67 bits per heavy atom. The molecule has 2 rings (SSSR count). The molecule has 0 N–H and O–H groups in total. The zero-order chi connectivity index (χ0) is 15.6. The molecule has 0 atom stereocenters. The van der Waals surface area contributed by atoms with Gasteiger partial charge >= 0.3 is 5.97 Å². The van der Waals surface area contributed by atoms with Crippen LogP contribution in [0.25, 0.3) is 11.0 Å². The number of halogens is 1. The van der Waals surface area contributed by atoms with Crippen molar-refractivity contribution in [1.82, 2.24) is 9.97 Å². The molecule has 0 radical (unpaired) electrons. The van der Waals surface area contributed by atoms with Gasteiger partial charge in [-0.3, -0.25) is 0 Å². The normalized spacial score (nSPS) is 11.0. The number of hydrogen-bond donors (Lipinski definition) is 0. The van der Waals surface area contributed by atoms with Crippen LogP contribution in [0.5, 0.6) is 0 Å². The lowest BCUT2D eigenvalue weighted by molar-refractivity contribution is 0.0526. The highest BCUT2D eigenvalue weighted by atomic mass is 35.5. The number of carbonyl (C=O) groups excluding carboxylic acids is 1. The smallest absolute Gasteiger partial charge is 0.338 e. The fourth-order valence-corrected chi connectivity index (χ4v) is 2.10. The van der Waals surface area contributed by atoms with E-state index in [0.29, 0.717) is 34.2 Å². The number of ether oxygens (including phenoxy) is 1. The molecular formula is C15H18ClN3O2. The van der Waals surface area contributed by atoms with E-state index in [4.69, 9.17) is 16.3 Å². The first-order valence-corrected chi connectivity index (χ1v) is 7.19. The average Bonchev–Trinajstić information content (AvgIpc) is 2.45. The predicted molar refractivity (Wildman–Crippen MR) is 84.0 cm³/mol. The Balaban J connectivity index is 2.50. The molecule has 6 heteroatoms. The average molecular weight is 308 g/mol. The van der Waals surface area contributed by atoms with Crippen molar-refractivity contribution in [3.63, 3.8) is 0 Å². The van der Waals surface area contributed by atoms with Gasteiger partial charge in [0.25, 0.3) is 0 Å². The minimum absolute atomic E-state index is 0.238. The van der Waals surface area contributed by atoms with Gasteiger partial charge < -0.3 is 9.64 Å². The van der Waals surface area contributed by atoms with Crippen molar-refractivity contribution >= 4 is 34.4 Å². The van der Waals surface area contributed by atoms with E-state index in [1.165, 1.54) is 0 Å². The lowest BCUT2D eigenvalue weighted by Crippen LogP contribution is -2.27. The second kappa shape index (κ2) is 6.26. The zero-order valence-corrected chi connectivity index (χ0v) is 13.3. The monoisotopic (exact) mass is 307 g/mol. The number of aromatic nitrogens is 2. The van der Waals surface area contributed by atoms with Crippen LogP contribution in [0.15, 0.2) is 18.2 Å². The second-order valence-corrected chi connectivity index (χ2v) is 5.32. The Kier molecular flexibility index (Phi) is 4.63. The molecule has 2 aromatic rings. The number of carbonyl (C=O) groups is 1. The largest absolute Gasteiger partial charge is 0.462 e. The van der Waals surface area contributed by atoms with Crippen LogP contribution in [-0.2, 0) is 4.74 Å². The quantitative estimate of drug-likeness (QED) is 0.811. The molecule has 1 aromatic heterocycles. The zero-order valence-electron chi connectivity index (χ0n) is 12.6. The van der Waals surface area contributed by atoms with Gasteiger partial charge in [0, 0.05) is 13.1 Å². The molecule has 5 nitrogen and oxygen atoms in total. The summed E-state index contributed by atoms with van der Waals surface area (Å²) in [6.07, 6.45) is 0. The van der Waals surface area contributed by atoms with Crippen molar-refractivity contribution in [2.45, 2.75) is 26.8 Å². The Bertz CT molecular complexity index is 673. The van der Waals surface area contributed by atoms with Crippen LogP contribution < -0.4 is 4.90 Å². The standard InChI is InChI=1S/C15H18ClN3O2/c1-5-21-15(20)10-6-7-11-12(8-10)18-14(13(16)17-11)19(4)9(2)3/h6-9H,5H2,1-4H3. The SMILES string of the molecule is CCOC(=O)c1ccc2nc(Cl)c(N(C)C(C)C)nc2c1. The molecule has 112 valence electrons. The first kappa shape index (κ1) is 15.5. The molecule has 0 saturated heterocycles. The summed E-state index contributed by atoms with van der Waals surface area (Å²) in [5, 5.41) is 0.350. The Morgan fingerprint density at radius 1 is 1.33 bits per heavy atom. The summed E-state index contributed by atoms with van der Waals surface area (Å²) >= 11 is 6.19. The van der Waals surface area contributed by atoms with E-state index in [1.807, 2.05) is 25.8 Å². The highest BCUT2D eigenvalue weighted by molar-refractivity contribution is 6.32. The van der Waals surface area contributed by atoms with Gasteiger partial charge in [0.2, 0.25) is 0 Å². The van der Waals surface area contributed by atoms with E-state index < -0.39 is 0 Å². The number of esters is 1. The lowest BCUT2D eigenvalue weighted by Gasteiger charge is -2.23. The topological polar surface area (TPSA) is 55.3 Å². The van der Waals surface area contributed by atoms with Gasteiger partial charge in [-0.1, -0.05) is 11.6 Å². The van der Waals surface area contributed by atoms with Crippen molar-refractivity contribution in [1.29, 1.82) is 0 Å². The van der Waals surface area contributed by atoms with Gasteiger partial charge in [0.05, 0.1) is 23.2 Å². The van der Waals surface area contributed by atoms with Gasteiger partial charge in [0.15, 0.2) is 11.0 Å². The van der Waals surface area contributed by atoms with Crippen LogP contribution >= 0.6 is 11.6 Å². The number of benzene rings is 1. The van der Waals surface area contributed by atoms with Gasteiger partial charge in [-0.25, -0.2) is 14.8 Å². The molecule has 0 unspecified atom stereocenters. The highest BCUT2D eigenvalue weighted by Crippen LogP contribution is 2.25. The summed E-state index contributed by atoms with van der Waals surface area (Å²) in [5.41, 5.74) is 1.72. The molecule has 0 aliphatic rings. The maximum absolute atomic E-state index is 11.8. The lowest BCUT2D eigenvalue weighted by atomic mass is 10.2. The van der Waals surface area contributed by atoms with Gasteiger partial charge in [0.1, 0.15) is 0 Å². The number of hydrogen-bond acceptors (Lipinski definition) is 5. The molecule has 1 heterocycles. The third-order valence-electron chi connectivity index (χ3n) is 3.22. The van der Waals surface area contributed by atoms with Crippen molar-refractivity contribution in [2.75, 3.05) is 18.6 Å². The third kappa shape index (κ3) is 3.24. The summed E-state index contributed by atoms with van der Waals surface area (Å²) in [4.78, 5) is 22.6. The number of anilines is 1. The molecule has 0 fully saturated rings. The summed E-state index contributed by atoms with van der Waals surface area (Å²) in [5.74, 6) is 0.232. The Morgan fingerprint density at radius 2 is 2.05 bits per heavy atom. The van der Waals surface area contributed by atoms with Gasteiger partial charge in [-0.15, -0.1) is 0 Å². The first-order chi connectivity index (χ1) is 9.93. The van der Waals surface area contributed by atoms with Crippen LogP contribution in [-0.4, -0.2) is 35.6 Å². The van der Waals surface area contributed by atoms with Crippen LogP contribution in [0.1, 0.15) is 31.1 Å². The van der Waals surface area contributed by atoms with Crippen LogP contribution in [0.3, 0.4) is 0 Å². The van der Waals surface area contributed by atoms with Crippen molar-refractivity contribution in [3.05, 3.63) is 28.9 Å². The minimum Gasteiger partial charge on any atom is -0.462 e. The molecule has 0 saturated carbocycles. The minimum atomic E-state index is -0.366. The summed E-state index contributed by atoms with van der Waals surface area (Å²) in [7, 11) is 1.90. The Labute approximate surface area is 128 Å². The van der Waals surface area contributed by atoms with Crippen molar-refractivity contribution < 1.29 is 9.53 Å². The first-order valence-electron chi connectivity index (χ1n) is 6.81.